The summed E-state index contributed by atoms with van der Waals surface area (Å²) in [6, 6.07) is 14.6. The van der Waals surface area contributed by atoms with Gasteiger partial charge in [-0.2, -0.15) is 9.78 Å². The Morgan fingerprint density at radius 2 is 1.79 bits per heavy atom. The van der Waals surface area contributed by atoms with E-state index in [1.807, 2.05) is 45.0 Å². The quantitative estimate of drug-likeness (QED) is 0.444. The van der Waals surface area contributed by atoms with E-state index in [0.717, 1.165) is 27.7 Å². The average molecular weight is 425 g/mol. The second-order valence-corrected chi connectivity index (χ2v) is 7.77. The first-order valence-corrected chi connectivity index (χ1v) is 9.79. The third-order valence-corrected chi connectivity index (χ3v) is 5.25. The molecule has 0 radical (unpaired) electrons. The fraction of sp³-hybridized carbons (Fsp3) is 0.136. The first-order valence-electron chi connectivity index (χ1n) is 9.04. The Morgan fingerprint density at radius 1 is 1.00 bits per heavy atom. The van der Waals surface area contributed by atoms with Crippen molar-refractivity contribution < 1.29 is 4.79 Å². The molecule has 0 fully saturated rings. The summed E-state index contributed by atoms with van der Waals surface area (Å²) < 4.78 is 1.63. The summed E-state index contributed by atoms with van der Waals surface area (Å²) in [5.74, 6) is 0.801. The van der Waals surface area contributed by atoms with Gasteiger partial charge < -0.3 is 5.32 Å². The second-order valence-electron chi connectivity index (χ2n) is 6.93. The minimum Gasteiger partial charge on any atom is -0.306 e. The number of benzene rings is 2. The average Bonchev–Trinajstić information content (AvgIpc) is 3.02. The molecular weight excluding hydrogens is 407 g/mol. The van der Waals surface area contributed by atoms with E-state index in [9.17, 15) is 4.79 Å². The van der Waals surface area contributed by atoms with Crippen molar-refractivity contribution in [1.82, 2.24) is 14.8 Å². The lowest BCUT2D eigenvalue weighted by Crippen LogP contribution is -2.16. The highest BCUT2D eigenvalue weighted by Crippen LogP contribution is 2.26. The van der Waals surface area contributed by atoms with Gasteiger partial charge in [-0.05, 0) is 56.2 Å². The number of aromatic nitrogens is 3. The number of hydrogen-bond donors (Lipinski definition) is 1. The van der Waals surface area contributed by atoms with E-state index in [2.05, 4.69) is 10.4 Å². The maximum Gasteiger partial charge on any atom is 0.258 e. The zero-order valence-electron chi connectivity index (χ0n) is 16.1. The Morgan fingerprint density at radius 3 is 2.55 bits per heavy atom. The van der Waals surface area contributed by atoms with E-state index >= 15 is 0 Å². The number of carbonyl (C=O) groups is 1. The van der Waals surface area contributed by atoms with Gasteiger partial charge >= 0.3 is 0 Å². The molecule has 0 aliphatic heterocycles. The number of rotatable bonds is 3. The number of para-hydroxylation sites is 1. The van der Waals surface area contributed by atoms with Crippen LogP contribution in [-0.4, -0.2) is 20.7 Å². The van der Waals surface area contributed by atoms with Crippen LogP contribution in [0.3, 0.4) is 0 Å². The van der Waals surface area contributed by atoms with Crippen LogP contribution in [-0.2, 0) is 0 Å². The summed E-state index contributed by atoms with van der Waals surface area (Å²) in [6.07, 6.45) is 0. The minimum atomic E-state index is -0.346. The first kappa shape index (κ1) is 19.4. The summed E-state index contributed by atoms with van der Waals surface area (Å²) in [7, 11) is 0. The number of halogens is 2. The molecule has 4 aromatic rings. The summed E-state index contributed by atoms with van der Waals surface area (Å²) in [6.45, 7) is 5.92. The third-order valence-electron chi connectivity index (χ3n) is 4.70. The molecule has 7 heteroatoms. The molecule has 2 aromatic heterocycles. The van der Waals surface area contributed by atoms with Crippen molar-refractivity contribution in [3.8, 4) is 5.82 Å². The lowest BCUT2D eigenvalue weighted by atomic mass is 10.1. The molecule has 0 unspecified atom stereocenters. The first-order chi connectivity index (χ1) is 13.8. The van der Waals surface area contributed by atoms with Crippen LogP contribution in [0.15, 0.2) is 48.5 Å². The fourth-order valence-electron chi connectivity index (χ4n) is 3.27. The highest BCUT2D eigenvalue weighted by molar-refractivity contribution is 6.37. The Hall–Kier alpha value is -2.89. The van der Waals surface area contributed by atoms with Crippen LogP contribution in [0.1, 0.15) is 27.2 Å². The van der Waals surface area contributed by atoms with Crippen molar-refractivity contribution in [2.45, 2.75) is 20.8 Å². The molecule has 0 spiro atoms. The van der Waals surface area contributed by atoms with E-state index in [-0.39, 0.29) is 10.9 Å². The summed E-state index contributed by atoms with van der Waals surface area (Å²) in [4.78, 5) is 17.6. The fourth-order valence-corrected chi connectivity index (χ4v) is 3.77. The number of nitrogens with zero attached hydrogens (tertiary/aromatic N) is 3. The Labute approximate surface area is 178 Å². The van der Waals surface area contributed by atoms with Crippen molar-refractivity contribution in [3.63, 3.8) is 0 Å². The molecule has 2 heterocycles. The number of anilines is 1. The molecule has 5 nitrogen and oxygen atoms in total. The van der Waals surface area contributed by atoms with Crippen LogP contribution in [0.5, 0.6) is 0 Å². The van der Waals surface area contributed by atoms with E-state index in [1.165, 1.54) is 6.07 Å². The number of nitrogens with one attached hydrogen (secondary N) is 1. The molecule has 1 N–H and O–H groups in total. The minimum absolute atomic E-state index is 0.285. The van der Waals surface area contributed by atoms with Gasteiger partial charge in [0.05, 0.1) is 21.8 Å². The van der Waals surface area contributed by atoms with Crippen molar-refractivity contribution in [2.75, 3.05) is 5.32 Å². The number of aryl methyl sites for hydroxylation is 3. The van der Waals surface area contributed by atoms with Crippen LogP contribution in [0, 0.1) is 20.8 Å². The molecule has 0 aliphatic carbocycles. The summed E-state index contributed by atoms with van der Waals surface area (Å²) >= 11 is 12.1. The Bertz CT molecular complexity index is 1260. The maximum atomic E-state index is 12.8. The van der Waals surface area contributed by atoms with Crippen molar-refractivity contribution in [1.29, 1.82) is 0 Å². The smallest absolute Gasteiger partial charge is 0.258 e. The maximum absolute atomic E-state index is 12.8. The van der Waals surface area contributed by atoms with Gasteiger partial charge in [-0.1, -0.05) is 41.4 Å². The summed E-state index contributed by atoms with van der Waals surface area (Å²) in [5.41, 5.74) is 4.16. The predicted molar refractivity (Wildman–Crippen MR) is 117 cm³/mol. The molecule has 146 valence electrons. The van der Waals surface area contributed by atoms with Crippen LogP contribution >= 0.6 is 23.2 Å². The van der Waals surface area contributed by atoms with Crippen molar-refractivity contribution >= 4 is 45.8 Å². The lowest BCUT2D eigenvalue weighted by Gasteiger charge is -2.12. The van der Waals surface area contributed by atoms with Crippen LogP contribution in [0.25, 0.3) is 16.7 Å². The number of carbonyl (C=O) groups excluding carboxylic acids is 1. The van der Waals surface area contributed by atoms with E-state index in [0.29, 0.717) is 22.2 Å². The Balaban J connectivity index is 1.77. The molecule has 1 amide bonds. The third kappa shape index (κ3) is 3.71. The number of pyridine rings is 1. The molecule has 29 heavy (non-hydrogen) atoms. The van der Waals surface area contributed by atoms with Crippen LogP contribution < -0.4 is 5.32 Å². The van der Waals surface area contributed by atoms with Gasteiger partial charge in [-0.25, -0.2) is 4.98 Å². The molecule has 0 saturated heterocycles. The van der Waals surface area contributed by atoms with Crippen LogP contribution in [0.2, 0.25) is 10.0 Å². The van der Waals surface area contributed by atoms with Gasteiger partial charge in [0.1, 0.15) is 5.82 Å². The van der Waals surface area contributed by atoms with Gasteiger partial charge in [-0.15, -0.1) is 0 Å². The molecular formula is C22H18Cl2N4O. The zero-order valence-corrected chi connectivity index (χ0v) is 17.6. The SMILES string of the molecule is Cc1cc(NC(=O)c2ccc(Cl)cc2Cl)n(-c2cc(C)c3cccc(C)c3n2)n1. The number of amides is 1. The lowest BCUT2D eigenvalue weighted by molar-refractivity contribution is 0.102. The monoisotopic (exact) mass is 424 g/mol. The van der Waals surface area contributed by atoms with Gasteiger partial charge in [0.15, 0.2) is 5.82 Å². The molecule has 0 saturated carbocycles. The molecule has 2 aromatic carbocycles. The normalized spacial score (nSPS) is 11.1. The zero-order chi connectivity index (χ0) is 20.7. The van der Waals surface area contributed by atoms with Crippen molar-refractivity contribution in [3.05, 3.63) is 81.0 Å². The standard InChI is InChI=1S/C22H18Cl2N4O/c1-12-5-4-6-16-13(2)9-19(25-21(12)16)28-20(10-14(3)27-28)26-22(29)17-8-7-15(23)11-18(17)24/h4-11H,1-3H3,(H,26,29). The van der Waals surface area contributed by atoms with Gasteiger partial charge in [0.2, 0.25) is 0 Å². The Kier molecular flexibility index (Phi) is 5.03. The largest absolute Gasteiger partial charge is 0.306 e. The van der Waals surface area contributed by atoms with E-state index < -0.39 is 0 Å². The highest BCUT2D eigenvalue weighted by atomic mass is 35.5. The topological polar surface area (TPSA) is 59.8 Å². The molecule has 0 atom stereocenters. The molecule has 0 aliphatic rings. The van der Waals surface area contributed by atoms with E-state index in [4.69, 9.17) is 28.2 Å². The van der Waals surface area contributed by atoms with Crippen LogP contribution in [0.4, 0.5) is 5.82 Å². The second kappa shape index (κ2) is 7.50. The highest BCUT2D eigenvalue weighted by Gasteiger charge is 2.17. The molecule has 0 bridgehead atoms. The number of fused-ring (bicyclic) bond motifs is 1. The van der Waals surface area contributed by atoms with E-state index in [1.54, 1.807) is 22.9 Å². The van der Waals surface area contributed by atoms with Gasteiger partial charge in [0.25, 0.3) is 5.91 Å². The predicted octanol–water partition coefficient (Wildman–Crippen LogP) is 5.90. The van der Waals surface area contributed by atoms with Crippen molar-refractivity contribution in [2.24, 2.45) is 0 Å². The number of hydrogen-bond acceptors (Lipinski definition) is 3. The molecule has 4 rings (SSSR count). The summed E-state index contributed by atoms with van der Waals surface area (Å²) in [5, 5.41) is 9.26. The van der Waals surface area contributed by atoms with Gasteiger partial charge in [0, 0.05) is 16.5 Å². The van der Waals surface area contributed by atoms with Gasteiger partial charge in [-0.3, -0.25) is 4.79 Å².